The number of aromatic nitrogens is 2. The van der Waals surface area contributed by atoms with Gasteiger partial charge in [-0.1, -0.05) is 6.07 Å². The summed E-state index contributed by atoms with van der Waals surface area (Å²) in [6.45, 7) is 1.48. The first-order valence-corrected chi connectivity index (χ1v) is 5.79. The van der Waals surface area contributed by atoms with Gasteiger partial charge in [-0.05, 0) is 25.1 Å². The lowest BCUT2D eigenvalue weighted by Crippen LogP contribution is -2.18. The number of nitrogens with zero attached hydrogens (tertiary/aromatic N) is 2. The van der Waals surface area contributed by atoms with Gasteiger partial charge in [0.05, 0.1) is 11.8 Å². The van der Waals surface area contributed by atoms with Gasteiger partial charge in [-0.3, -0.25) is 4.79 Å². The van der Waals surface area contributed by atoms with Gasteiger partial charge in [-0.2, -0.15) is 5.10 Å². The Kier molecular flexibility index (Phi) is 3.62. The second-order valence-corrected chi connectivity index (χ2v) is 4.07. The number of aliphatic hydroxyl groups is 1. The lowest BCUT2D eigenvalue weighted by Gasteiger charge is -2.12. The number of nitrogens with one attached hydrogen (secondary N) is 1. The fourth-order valence-electron chi connectivity index (χ4n) is 1.85. The highest BCUT2D eigenvalue weighted by Gasteiger charge is 2.16. The van der Waals surface area contributed by atoms with E-state index in [1.54, 1.807) is 12.3 Å². The third-order valence-corrected chi connectivity index (χ3v) is 2.74. The molecule has 0 aliphatic rings. The Morgan fingerprint density at radius 1 is 1.47 bits per heavy atom. The fraction of sp³-hybridized carbons (Fsp3) is 0.231. The van der Waals surface area contributed by atoms with Gasteiger partial charge in [-0.25, -0.2) is 9.07 Å². The van der Waals surface area contributed by atoms with Gasteiger partial charge in [0, 0.05) is 18.8 Å². The molecule has 19 heavy (non-hydrogen) atoms. The van der Waals surface area contributed by atoms with Gasteiger partial charge in [-0.15, -0.1) is 0 Å². The Bertz CT molecular complexity index is 608. The van der Waals surface area contributed by atoms with Crippen LogP contribution in [0.2, 0.25) is 0 Å². The zero-order valence-electron chi connectivity index (χ0n) is 10.6. The highest BCUT2D eigenvalue weighted by Crippen LogP contribution is 2.24. The first-order chi connectivity index (χ1) is 9.04. The summed E-state index contributed by atoms with van der Waals surface area (Å²) >= 11 is 0. The van der Waals surface area contributed by atoms with Crippen molar-refractivity contribution in [1.29, 1.82) is 0 Å². The predicted molar refractivity (Wildman–Crippen MR) is 67.5 cm³/mol. The summed E-state index contributed by atoms with van der Waals surface area (Å²) in [6.07, 6.45) is 0.578. The molecule has 0 unspecified atom stereocenters. The number of carbonyl (C=O) groups excluding carboxylic acids is 1. The van der Waals surface area contributed by atoms with E-state index in [-0.39, 0.29) is 17.2 Å². The predicted octanol–water partition coefficient (Wildman–Crippen LogP) is 1.42. The monoisotopic (exact) mass is 263 g/mol. The molecule has 5 nitrogen and oxygen atoms in total. The minimum Gasteiger partial charge on any atom is -0.389 e. The van der Waals surface area contributed by atoms with Crippen LogP contribution >= 0.6 is 0 Å². The van der Waals surface area contributed by atoms with E-state index in [1.165, 1.54) is 36.9 Å². The number of aliphatic hydroxyl groups excluding tert-OH is 1. The van der Waals surface area contributed by atoms with Crippen LogP contribution in [-0.4, -0.2) is 27.8 Å². The lowest BCUT2D eigenvalue weighted by molar-refractivity contribution is 0.0957. The summed E-state index contributed by atoms with van der Waals surface area (Å²) in [5, 5.41) is 16.2. The molecule has 0 radical (unpaired) electrons. The quantitative estimate of drug-likeness (QED) is 0.880. The maximum Gasteiger partial charge on any atom is 0.271 e. The highest BCUT2D eigenvalue weighted by atomic mass is 19.1. The number of halogens is 1. The van der Waals surface area contributed by atoms with Crippen molar-refractivity contribution < 1.29 is 14.3 Å². The molecule has 0 spiro atoms. The van der Waals surface area contributed by atoms with Crippen LogP contribution in [-0.2, 0) is 0 Å². The van der Waals surface area contributed by atoms with E-state index in [9.17, 15) is 14.3 Å². The van der Waals surface area contributed by atoms with Crippen molar-refractivity contribution in [3.05, 3.63) is 47.5 Å². The average Bonchev–Trinajstić information content (AvgIpc) is 2.86. The number of benzene rings is 1. The van der Waals surface area contributed by atoms with Crippen LogP contribution in [0.1, 0.15) is 29.1 Å². The zero-order valence-corrected chi connectivity index (χ0v) is 10.6. The summed E-state index contributed by atoms with van der Waals surface area (Å²) in [5.41, 5.74) is 0.780. The van der Waals surface area contributed by atoms with Crippen LogP contribution < -0.4 is 5.32 Å². The van der Waals surface area contributed by atoms with E-state index in [0.29, 0.717) is 5.69 Å². The highest BCUT2D eigenvalue weighted by molar-refractivity contribution is 5.91. The Balaban J connectivity index is 2.50. The van der Waals surface area contributed by atoms with E-state index in [4.69, 9.17) is 0 Å². The molecular formula is C13H14FN3O2. The SMILES string of the molecule is CNC(=O)c1ccn(-c2cccc(F)c2[C@@H](C)O)n1. The zero-order chi connectivity index (χ0) is 14.0. The maximum absolute atomic E-state index is 13.7. The Hall–Kier alpha value is -2.21. The van der Waals surface area contributed by atoms with E-state index in [0.717, 1.165) is 0 Å². The first kappa shape index (κ1) is 13.2. The van der Waals surface area contributed by atoms with Crippen molar-refractivity contribution >= 4 is 5.91 Å². The molecule has 6 heteroatoms. The van der Waals surface area contributed by atoms with Gasteiger partial charge in [0.15, 0.2) is 5.69 Å². The maximum atomic E-state index is 13.7. The molecule has 2 rings (SSSR count). The molecule has 100 valence electrons. The van der Waals surface area contributed by atoms with E-state index < -0.39 is 11.9 Å². The van der Waals surface area contributed by atoms with E-state index >= 15 is 0 Å². The van der Waals surface area contributed by atoms with Crippen molar-refractivity contribution in [2.75, 3.05) is 7.05 Å². The molecule has 1 amide bonds. The first-order valence-electron chi connectivity index (χ1n) is 5.79. The summed E-state index contributed by atoms with van der Waals surface area (Å²) in [7, 11) is 1.50. The van der Waals surface area contributed by atoms with Crippen molar-refractivity contribution in [2.24, 2.45) is 0 Å². The summed E-state index contributed by atoms with van der Waals surface area (Å²) in [5.74, 6) is -0.835. The molecule has 1 aromatic heterocycles. The van der Waals surface area contributed by atoms with Gasteiger partial charge >= 0.3 is 0 Å². The third-order valence-electron chi connectivity index (χ3n) is 2.74. The van der Waals surface area contributed by atoms with Crippen LogP contribution in [0.5, 0.6) is 0 Å². The molecule has 0 fully saturated rings. The minimum atomic E-state index is -0.969. The molecule has 1 heterocycles. The molecule has 0 bridgehead atoms. The molecule has 0 aliphatic carbocycles. The molecule has 1 aromatic carbocycles. The Morgan fingerprint density at radius 3 is 2.84 bits per heavy atom. The topological polar surface area (TPSA) is 67.2 Å². The standard InChI is InChI=1S/C13H14FN3O2/c1-8(18)12-9(14)4-3-5-11(12)17-7-6-10(16-17)13(19)15-2/h3-8,18H,1-2H3,(H,15,19)/t8-/m1/s1. The van der Waals surface area contributed by atoms with Crippen molar-refractivity contribution in [3.8, 4) is 5.69 Å². The molecule has 0 saturated carbocycles. The number of amides is 1. The fourth-order valence-corrected chi connectivity index (χ4v) is 1.85. The summed E-state index contributed by atoms with van der Waals surface area (Å²) in [6, 6.07) is 5.95. The Labute approximate surface area is 109 Å². The van der Waals surface area contributed by atoms with Crippen LogP contribution in [0.25, 0.3) is 5.69 Å². The minimum absolute atomic E-state index is 0.147. The van der Waals surface area contributed by atoms with Gasteiger partial charge < -0.3 is 10.4 Å². The van der Waals surface area contributed by atoms with Crippen molar-refractivity contribution in [3.63, 3.8) is 0 Å². The molecule has 2 aromatic rings. The molecular weight excluding hydrogens is 249 g/mol. The average molecular weight is 263 g/mol. The molecule has 1 atom stereocenters. The lowest BCUT2D eigenvalue weighted by atomic mass is 10.1. The van der Waals surface area contributed by atoms with Crippen molar-refractivity contribution in [1.82, 2.24) is 15.1 Å². The smallest absolute Gasteiger partial charge is 0.271 e. The second kappa shape index (κ2) is 5.19. The molecule has 2 N–H and O–H groups in total. The van der Waals surface area contributed by atoms with Gasteiger partial charge in [0.25, 0.3) is 5.91 Å². The van der Waals surface area contributed by atoms with Gasteiger partial charge in [0.2, 0.25) is 0 Å². The molecule has 0 aliphatic heterocycles. The number of carbonyl (C=O) groups is 1. The van der Waals surface area contributed by atoms with Crippen LogP contribution in [0.3, 0.4) is 0 Å². The third kappa shape index (κ3) is 2.48. The van der Waals surface area contributed by atoms with E-state index in [2.05, 4.69) is 10.4 Å². The van der Waals surface area contributed by atoms with Crippen LogP contribution in [0.15, 0.2) is 30.5 Å². The largest absolute Gasteiger partial charge is 0.389 e. The van der Waals surface area contributed by atoms with Crippen LogP contribution in [0, 0.1) is 5.82 Å². The Morgan fingerprint density at radius 2 is 2.21 bits per heavy atom. The number of hydrogen-bond acceptors (Lipinski definition) is 3. The van der Waals surface area contributed by atoms with Crippen molar-refractivity contribution in [2.45, 2.75) is 13.0 Å². The summed E-state index contributed by atoms with van der Waals surface area (Å²) in [4.78, 5) is 11.4. The van der Waals surface area contributed by atoms with Crippen LogP contribution in [0.4, 0.5) is 4.39 Å². The normalized spacial score (nSPS) is 12.2. The van der Waals surface area contributed by atoms with E-state index in [1.807, 2.05) is 0 Å². The second-order valence-electron chi connectivity index (χ2n) is 4.07. The molecule has 0 saturated heterocycles. The van der Waals surface area contributed by atoms with Gasteiger partial charge in [0.1, 0.15) is 5.82 Å². The number of hydrogen-bond donors (Lipinski definition) is 2. The number of rotatable bonds is 3. The summed E-state index contributed by atoms with van der Waals surface area (Å²) < 4.78 is 15.1.